The number of carbonyl (C=O) groups excluding carboxylic acids is 1. The van der Waals surface area contributed by atoms with Crippen LogP contribution in [0.4, 0.5) is 0 Å². The van der Waals surface area contributed by atoms with Crippen LogP contribution in [-0.2, 0) is 12.8 Å². The predicted molar refractivity (Wildman–Crippen MR) is 73.1 cm³/mol. The van der Waals surface area contributed by atoms with Crippen molar-refractivity contribution < 1.29 is 4.79 Å². The number of Topliss-reactive ketones (excluding diaryl/α,β-unsaturated/α-hetero) is 1. The van der Waals surface area contributed by atoms with Gasteiger partial charge < -0.3 is 0 Å². The van der Waals surface area contributed by atoms with E-state index in [1.807, 2.05) is 30.3 Å². The molecule has 0 radical (unpaired) electrons. The van der Waals surface area contributed by atoms with Gasteiger partial charge >= 0.3 is 0 Å². The third-order valence-corrected chi connectivity index (χ3v) is 3.73. The number of hydrogen-bond donors (Lipinski definition) is 0. The Bertz CT molecular complexity index is 589. The van der Waals surface area contributed by atoms with Gasteiger partial charge in [0.05, 0.1) is 0 Å². The van der Waals surface area contributed by atoms with E-state index in [1.54, 1.807) is 6.07 Å². The zero-order chi connectivity index (χ0) is 12.5. The molecule has 1 aliphatic carbocycles. The van der Waals surface area contributed by atoms with Crippen molar-refractivity contribution in [3.8, 4) is 0 Å². The first-order valence-corrected chi connectivity index (χ1v) is 6.48. The molecule has 0 saturated heterocycles. The molecule has 0 bridgehead atoms. The lowest BCUT2D eigenvalue weighted by atomic mass is 9.96. The zero-order valence-corrected chi connectivity index (χ0v) is 10.7. The second-order valence-corrected chi connectivity index (χ2v) is 5.19. The summed E-state index contributed by atoms with van der Waals surface area (Å²) in [6.07, 6.45) is 1.62. The van der Waals surface area contributed by atoms with Crippen molar-refractivity contribution in [2.45, 2.75) is 12.8 Å². The summed E-state index contributed by atoms with van der Waals surface area (Å²) in [4.78, 5) is 12.3. The molecule has 0 aromatic heterocycles. The fourth-order valence-corrected chi connectivity index (χ4v) is 2.81. The molecule has 0 aliphatic heterocycles. The molecule has 0 saturated carbocycles. The molecule has 18 heavy (non-hydrogen) atoms. The highest BCUT2D eigenvalue weighted by molar-refractivity contribution is 6.30. The van der Waals surface area contributed by atoms with Gasteiger partial charge in [0.15, 0.2) is 5.78 Å². The van der Waals surface area contributed by atoms with E-state index in [2.05, 4.69) is 12.1 Å². The molecular formula is C16H13ClO. The number of fused-ring (bicyclic) bond motifs is 1. The van der Waals surface area contributed by atoms with Crippen molar-refractivity contribution in [2.24, 2.45) is 5.92 Å². The van der Waals surface area contributed by atoms with E-state index in [-0.39, 0.29) is 11.7 Å². The Morgan fingerprint density at radius 2 is 1.89 bits per heavy atom. The van der Waals surface area contributed by atoms with Gasteiger partial charge in [-0.15, -0.1) is 0 Å². The van der Waals surface area contributed by atoms with Crippen LogP contribution in [0.1, 0.15) is 21.5 Å². The van der Waals surface area contributed by atoms with Crippen molar-refractivity contribution in [2.75, 3.05) is 0 Å². The molecule has 1 aliphatic rings. The van der Waals surface area contributed by atoms with E-state index in [4.69, 9.17) is 11.6 Å². The fraction of sp³-hybridized carbons (Fsp3) is 0.188. The summed E-state index contributed by atoms with van der Waals surface area (Å²) in [6.45, 7) is 0. The zero-order valence-electron chi connectivity index (χ0n) is 9.90. The lowest BCUT2D eigenvalue weighted by Crippen LogP contribution is -2.11. The number of rotatable bonds is 2. The highest BCUT2D eigenvalue weighted by Crippen LogP contribution is 2.30. The maximum atomic E-state index is 12.3. The highest BCUT2D eigenvalue weighted by atomic mass is 35.5. The number of halogens is 1. The van der Waals surface area contributed by atoms with Crippen LogP contribution in [0.15, 0.2) is 48.5 Å². The lowest BCUT2D eigenvalue weighted by molar-refractivity contribution is 0.0936. The van der Waals surface area contributed by atoms with Gasteiger partial charge in [0, 0.05) is 16.5 Å². The molecule has 90 valence electrons. The third kappa shape index (κ3) is 2.06. The summed E-state index contributed by atoms with van der Waals surface area (Å²) in [5, 5.41) is 0.710. The Balaban J connectivity index is 1.84. The van der Waals surface area contributed by atoms with E-state index in [0.29, 0.717) is 5.02 Å². The quantitative estimate of drug-likeness (QED) is 0.796. The van der Waals surface area contributed by atoms with Crippen LogP contribution >= 0.6 is 11.6 Å². The number of hydrogen-bond acceptors (Lipinski definition) is 1. The number of ketones is 1. The highest BCUT2D eigenvalue weighted by Gasteiger charge is 2.30. The molecule has 0 fully saturated rings. The van der Waals surface area contributed by atoms with E-state index in [9.17, 15) is 4.79 Å². The first-order valence-electron chi connectivity index (χ1n) is 6.10. The SMILES string of the molecule is O=C1c2ccc(Cl)cc2CC1Cc1ccccc1. The average Bonchev–Trinajstić information content (AvgIpc) is 2.67. The molecule has 0 N–H and O–H groups in total. The van der Waals surface area contributed by atoms with Gasteiger partial charge in [0.1, 0.15) is 0 Å². The van der Waals surface area contributed by atoms with Gasteiger partial charge in [-0.05, 0) is 42.2 Å². The van der Waals surface area contributed by atoms with Gasteiger partial charge in [-0.1, -0.05) is 41.9 Å². The topological polar surface area (TPSA) is 17.1 Å². The molecule has 2 aromatic carbocycles. The Hall–Kier alpha value is -1.60. The summed E-state index contributed by atoms with van der Waals surface area (Å²) in [5.41, 5.74) is 3.16. The third-order valence-electron chi connectivity index (χ3n) is 3.49. The second-order valence-electron chi connectivity index (χ2n) is 4.76. The molecule has 1 atom stereocenters. The first-order chi connectivity index (χ1) is 8.74. The summed E-state index contributed by atoms with van der Waals surface area (Å²) in [6, 6.07) is 15.7. The Morgan fingerprint density at radius 1 is 1.11 bits per heavy atom. The smallest absolute Gasteiger partial charge is 0.166 e. The standard InChI is InChI=1S/C16H13ClO/c17-14-6-7-15-12(10-14)9-13(16(15)18)8-11-4-2-1-3-5-11/h1-7,10,13H,8-9H2. The van der Waals surface area contributed by atoms with Gasteiger partial charge in [-0.25, -0.2) is 0 Å². The van der Waals surface area contributed by atoms with Crippen molar-refractivity contribution in [3.05, 3.63) is 70.2 Å². The van der Waals surface area contributed by atoms with Crippen molar-refractivity contribution in [3.63, 3.8) is 0 Å². The Kier molecular flexibility index (Phi) is 2.92. The largest absolute Gasteiger partial charge is 0.294 e. The van der Waals surface area contributed by atoms with E-state index < -0.39 is 0 Å². The summed E-state index contributed by atoms with van der Waals surface area (Å²) in [5.74, 6) is 0.325. The molecular weight excluding hydrogens is 244 g/mol. The number of benzene rings is 2. The van der Waals surface area contributed by atoms with Crippen molar-refractivity contribution in [1.29, 1.82) is 0 Å². The van der Waals surface area contributed by atoms with Crippen LogP contribution in [-0.4, -0.2) is 5.78 Å². The summed E-state index contributed by atoms with van der Waals surface area (Å²) in [7, 11) is 0. The molecule has 1 unspecified atom stereocenters. The second kappa shape index (κ2) is 4.58. The lowest BCUT2D eigenvalue weighted by Gasteiger charge is -2.07. The van der Waals surface area contributed by atoms with Crippen LogP contribution in [0.3, 0.4) is 0 Å². The minimum Gasteiger partial charge on any atom is -0.294 e. The molecule has 2 heteroatoms. The first kappa shape index (κ1) is 11.5. The van der Waals surface area contributed by atoms with E-state index >= 15 is 0 Å². The molecule has 0 amide bonds. The maximum absolute atomic E-state index is 12.3. The van der Waals surface area contributed by atoms with Gasteiger partial charge in [0.25, 0.3) is 0 Å². The van der Waals surface area contributed by atoms with Crippen molar-refractivity contribution in [1.82, 2.24) is 0 Å². The minimum atomic E-state index is 0.0702. The Labute approximate surface area is 111 Å². The monoisotopic (exact) mass is 256 g/mol. The van der Waals surface area contributed by atoms with Crippen molar-refractivity contribution >= 4 is 17.4 Å². The van der Waals surface area contributed by atoms with Crippen LogP contribution in [0, 0.1) is 5.92 Å². The molecule has 2 aromatic rings. The maximum Gasteiger partial charge on any atom is 0.166 e. The van der Waals surface area contributed by atoms with Gasteiger partial charge in [-0.3, -0.25) is 4.79 Å². The predicted octanol–water partition coefficient (Wildman–Crippen LogP) is 3.94. The number of carbonyl (C=O) groups is 1. The minimum absolute atomic E-state index is 0.0702. The van der Waals surface area contributed by atoms with E-state index in [1.165, 1.54) is 5.56 Å². The molecule has 1 nitrogen and oxygen atoms in total. The van der Waals surface area contributed by atoms with Gasteiger partial charge in [0.2, 0.25) is 0 Å². The molecule has 0 spiro atoms. The van der Waals surface area contributed by atoms with Crippen LogP contribution in [0.2, 0.25) is 5.02 Å². The summed E-state index contributed by atoms with van der Waals surface area (Å²) >= 11 is 5.97. The average molecular weight is 257 g/mol. The van der Waals surface area contributed by atoms with Crippen LogP contribution < -0.4 is 0 Å². The van der Waals surface area contributed by atoms with Crippen LogP contribution in [0.5, 0.6) is 0 Å². The molecule has 3 rings (SSSR count). The fourth-order valence-electron chi connectivity index (χ4n) is 2.61. The van der Waals surface area contributed by atoms with Gasteiger partial charge in [-0.2, -0.15) is 0 Å². The van der Waals surface area contributed by atoms with E-state index in [0.717, 1.165) is 24.0 Å². The van der Waals surface area contributed by atoms with Crippen LogP contribution in [0.25, 0.3) is 0 Å². The Morgan fingerprint density at radius 3 is 2.67 bits per heavy atom. The normalized spacial score (nSPS) is 17.8. The molecule has 0 heterocycles. The summed E-state index contributed by atoms with van der Waals surface area (Å²) < 4.78 is 0.